The van der Waals surface area contributed by atoms with Gasteiger partial charge in [-0.25, -0.2) is 0 Å². The number of hydrogen-bond acceptors (Lipinski definition) is 2. The first-order valence-corrected chi connectivity index (χ1v) is 7.10. The molecule has 1 aliphatic heterocycles. The largest absolute Gasteiger partial charge is 0.495 e. The minimum atomic E-state index is 0.681. The van der Waals surface area contributed by atoms with Crippen LogP contribution in [-0.2, 0) is 6.42 Å². The molecule has 1 saturated heterocycles. The molecule has 94 valence electrons. The van der Waals surface area contributed by atoms with E-state index in [2.05, 4.69) is 27.3 Å². The van der Waals surface area contributed by atoms with Gasteiger partial charge >= 0.3 is 0 Å². The average Bonchev–Trinajstić information content (AvgIpc) is 2.30. The van der Waals surface area contributed by atoms with Gasteiger partial charge in [0, 0.05) is 4.47 Å². The lowest BCUT2D eigenvalue weighted by atomic mass is 9.92. The highest BCUT2D eigenvalue weighted by Gasteiger charge is 2.17. The fourth-order valence-corrected chi connectivity index (χ4v) is 3.36. The first-order valence-electron chi connectivity index (χ1n) is 5.93. The van der Waals surface area contributed by atoms with Crippen LogP contribution in [-0.4, -0.2) is 20.2 Å². The molecule has 1 heterocycles. The molecule has 1 aromatic carbocycles. The molecule has 0 bridgehead atoms. The highest BCUT2D eigenvalue weighted by molar-refractivity contribution is 9.10. The van der Waals surface area contributed by atoms with Crippen LogP contribution in [0.4, 0.5) is 0 Å². The molecule has 2 nitrogen and oxygen atoms in total. The summed E-state index contributed by atoms with van der Waals surface area (Å²) in [6.07, 6.45) is 3.56. The minimum absolute atomic E-state index is 0.681. The molecule has 1 atom stereocenters. The predicted molar refractivity (Wildman–Crippen MR) is 75.0 cm³/mol. The number of hydrogen-bond donors (Lipinski definition) is 1. The summed E-state index contributed by atoms with van der Waals surface area (Å²) in [6.45, 7) is 2.24. The molecular formula is C13H17BrClNO. The summed E-state index contributed by atoms with van der Waals surface area (Å²) in [5, 5.41) is 4.12. The van der Waals surface area contributed by atoms with Gasteiger partial charge in [-0.3, -0.25) is 0 Å². The Morgan fingerprint density at radius 3 is 3.00 bits per heavy atom. The van der Waals surface area contributed by atoms with Crippen molar-refractivity contribution >= 4 is 27.5 Å². The zero-order chi connectivity index (χ0) is 12.3. The molecule has 1 aliphatic rings. The zero-order valence-electron chi connectivity index (χ0n) is 9.93. The number of ether oxygens (including phenoxy) is 1. The molecule has 0 spiro atoms. The topological polar surface area (TPSA) is 21.3 Å². The molecule has 0 amide bonds. The fourth-order valence-electron chi connectivity index (χ4n) is 2.40. The lowest BCUT2D eigenvalue weighted by molar-refractivity contribution is 0.364. The van der Waals surface area contributed by atoms with Crippen LogP contribution in [0.3, 0.4) is 0 Å². The maximum atomic E-state index is 6.18. The second kappa shape index (κ2) is 6.07. The summed E-state index contributed by atoms with van der Waals surface area (Å²) >= 11 is 9.67. The summed E-state index contributed by atoms with van der Waals surface area (Å²) in [7, 11) is 1.68. The SMILES string of the molecule is COc1c(Cl)cc(Br)cc1CC1CCCNC1. The smallest absolute Gasteiger partial charge is 0.140 e. The lowest BCUT2D eigenvalue weighted by Gasteiger charge is -2.23. The van der Waals surface area contributed by atoms with Crippen molar-refractivity contribution in [3.05, 3.63) is 27.2 Å². The highest BCUT2D eigenvalue weighted by Crippen LogP contribution is 2.34. The van der Waals surface area contributed by atoms with Crippen LogP contribution in [0.2, 0.25) is 5.02 Å². The van der Waals surface area contributed by atoms with Crippen molar-refractivity contribution in [2.45, 2.75) is 19.3 Å². The Balaban J connectivity index is 2.18. The van der Waals surface area contributed by atoms with E-state index < -0.39 is 0 Å². The van der Waals surface area contributed by atoms with E-state index in [9.17, 15) is 0 Å². The van der Waals surface area contributed by atoms with Crippen LogP contribution < -0.4 is 10.1 Å². The molecule has 17 heavy (non-hydrogen) atoms. The molecule has 1 N–H and O–H groups in total. The van der Waals surface area contributed by atoms with E-state index in [0.29, 0.717) is 10.9 Å². The first-order chi connectivity index (χ1) is 8.20. The fraction of sp³-hybridized carbons (Fsp3) is 0.538. The van der Waals surface area contributed by atoms with Crippen LogP contribution >= 0.6 is 27.5 Å². The van der Waals surface area contributed by atoms with E-state index >= 15 is 0 Å². The number of rotatable bonds is 3. The normalized spacial score (nSPS) is 20.3. The molecule has 0 saturated carbocycles. The van der Waals surface area contributed by atoms with Crippen molar-refractivity contribution < 1.29 is 4.74 Å². The van der Waals surface area contributed by atoms with Gasteiger partial charge in [-0.1, -0.05) is 27.5 Å². The number of piperidine rings is 1. The van der Waals surface area contributed by atoms with Gasteiger partial charge in [-0.05, 0) is 56.0 Å². The summed E-state index contributed by atoms with van der Waals surface area (Å²) < 4.78 is 6.42. The third-order valence-corrected chi connectivity index (χ3v) is 3.94. The Kier molecular flexibility index (Phi) is 4.71. The quantitative estimate of drug-likeness (QED) is 0.918. The monoisotopic (exact) mass is 317 g/mol. The number of nitrogens with one attached hydrogen (secondary N) is 1. The molecular weight excluding hydrogens is 302 g/mol. The van der Waals surface area contributed by atoms with E-state index in [-0.39, 0.29) is 0 Å². The molecule has 4 heteroatoms. The highest BCUT2D eigenvalue weighted by atomic mass is 79.9. The van der Waals surface area contributed by atoms with E-state index in [1.807, 2.05) is 6.07 Å². The number of methoxy groups -OCH3 is 1. The summed E-state index contributed by atoms with van der Waals surface area (Å²) in [5.41, 5.74) is 1.19. The van der Waals surface area contributed by atoms with Gasteiger partial charge in [-0.15, -0.1) is 0 Å². The van der Waals surface area contributed by atoms with Crippen molar-refractivity contribution in [1.29, 1.82) is 0 Å². The van der Waals surface area contributed by atoms with Gasteiger partial charge in [0.1, 0.15) is 5.75 Å². The molecule has 0 radical (unpaired) electrons. The number of benzene rings is 1. The van der Waals surface area contributed by atoms with Crippen LogP contribution in [0, 0.1) is 5.92 Å². The van der Waals surface area contributed by atoms with Gasteiger partial charge in [0.05, 0.1) is 12.1 Å². The maximum Gasteiger partial charge on any atom is 0.140 e. The zero-order valence-corrected chi connectivity index (χ0v) is 12.3. The third-order valence-electron chi connectivity index (χ3n) is 3.20. The van der Waals surface area contributed by atoms with Gasteiger partial charge in [0.2, 0.25) is 0 Å². The van der Waals surface area contributed by atoms with E-state index in [0.717, 1.165) is 29.7 Å². The molecule has 2 rings (SSSR count). The van der Waals surface area contributed by atoms with E-state index in [4.69, 9.17) is 16.3 Å². The van der Waals surface area contributed by atoms with Gasteiger partial charge in [-0.2, -0.15) is 0 Å². The third kappa shape index (κ3) is 3.36. The Hall–Kier alpha value is -0.250. The standard InChI is InChI=1S/C13H17BrClNO/c1-17-13-10(6-11(14)7-12(13)15)5-9-3-2-4-16-8-9/h6-7,9,16H,2-5,8H2,1H3. The van der Waals surface area contributed by atoms with Crippen LogP contribution in [0.5, 0.6) is 5.75 Å². The Bertz CT molecular complexity index is 391. The van der Waals surface area contributed by atoms with Gasteiger partial charge < -0.3 is 10.1 Å². The van der Waals surface area contributed by atoms with Gasteiger partial charge in [0.25, 0.3) is 0 Å². The van der Waals surface area contributed by atoms with Crippen LogP contribution in [0.25, 0.3) is 0 Å². The molecule has 1 fully saturated rings. The van der Waals surface area contributed by atoms with Crippen molar-refractivity contribution in [2.24, 2.45) is 5.92 Å². The second-order valence-corrected chi connectivity index (χ2v) is 5.82. The summed E-state index contributed by atoms with van der Waals surface area (Å²) in [5.74, 6) is 1.50. The average molecular weight is 319 g/mol. The maximum absolute atomic E-state index is 6.18. The van der Waals surface area contributed by atoms with Crippen molar-refractivity contribution in [3.63, 3.8) is 0 Å². The van der Waals surface area contributed by atoms with Gasteiger partial charge in [0.15, 0.2) is 0 Å². The number of halogens is 2. The van der Waals surface area contributed by atoms with Crippen LogP contribution in [0.15, 0.2) is 16.6 Å². The minimum Gasteiger partial charge on any atom is -0.495 e. The Labute approximate surface area is 116 Å². The molecule has 0 aliphatic carbocycles. The van der Waals surface area contributed by atoms with E-state index in [1.54, 1.807) is 7.11 Å². The second-order valence-electron chi connectivity index (χ2n) is 4.50. The Morgan fingerprint density at radius 1 is 1.53 bits per heavy atom. The van der Waals surface area contributed by atoms with Crippen molar-refractivity contribution in [2.75, 3.05) is 20.2 Å². The van der Waals surface area contributed by atoms with Crippen molar-refractivity contribution in [1.82, 2.24) is 5.32 Å². The summed E-state index contributed by atoms with van der Waals surface area (Å²) in [4.78, 5) is 0. The lowest BCUT2D eigenvalue weighted by Crippen LogP contribution is -2.30. The molecule has 1 aromatic rings. The van der Waals surface area contributed by atoms with Crippen LogP contribution in [0.1, 0.15) is 18.4 Å². The first kappa shape index (κ1) is 13.2. The molecule has 0 aromatic heterocycles. The summed E-state index contributed by atoms with van der Waals surface area (Å²) in [6, 6.07) is 3.99. The van der Waals surface area contributed by atoms with E-state index in [1.165, 1.54) is 18.4 Å². The Morgan fingerprint density at radius 2 is 2.35 bits per heavy atom. The predicted octanol–water partition coefficient (Wildman–Crippen LogP) is 3.65. The molecule has 1 unspecified atom stereocenters. The van der Waals surface area contributed by atoms with Crippen molar-refractivity contribution in [3.8, 4) is 5.75 Å².